The maximum absolute atomic E-state index is 6.22. The molecular formula is C22H25N3O2. The lowest BCUT2D eigenvalue weighted by Crippen LogP contribution is -2.30. The van der Waals surface area contributed by atoms with Crippen LogP contribution >= 0.6 is 0 Å². The minimum atomic E-state index is 0.488. The highest BCUT2D eigenvalue weighted by Crippen LogP contribution is 2.40. The Morgan fingerprint density at radius 3 is 2.74 bits per heavy atom. The Labute approximate surface area is 159 Å². The summed E-state index contributed by atoms with van der Waals surface area (Å²) in [5, 5.41) is 7.88. The maximum Gasteiger partial charge on any atom is 0.171 e. The van der Waals surface area contributed by atoms with E-state index in [2.05, 4.69) is 40.2 Å². The zero-order valence-corrected chi connectivity index (χ0v) is 15.9. The minimum absolute atomic E-state index is 0.488. The lowest BCUT2D eigenvalue weighted by atomic mass is 10.00. The fourth-order valence-electron chi connectivity index (χ4n) is 3.59. The van der Waals surface area contributed by atoms with Gasteiger partial charge in [0.05, 0.1) is 7.11 Å². The number of ether oxygens (including phenoxy) is 2. The molecule has 1 N–H and O–H groups in total. The summed E-state index contributed by atoms with van der Waals surface area (Å²) in [5.41, 5.74) is 5.55. The van der Waals surface area contributed by atoms with Crippen molar-refractivity contribution in [2.75, 3.05) is 20.2 Å². The van der Waals surface area contributed by atoms with Gasteiger partial charge in [0.15, 0.2) is 11.5 Å². The Balaban J connectivity index is 1.70. The van der Waals surface area contributed by atoms with Gasteiger partial charge in [-0.1, -0.05) is 43.3 Å². The molecule has 0 unspecified atom stereocenters. The number of fused-ring (bicyclic) bond motifs is 1. The Morgan fingerprint density at radius 1 is 1.11 bits per heavy atom. The normalized spacial score (nSPS) is 14.0. The van der Waals surface area contributed by atoms with E-state index in [4.69, 9.17) is 9.47 Å². The zero-order chi connectivity index (χ0) is 18.6. The predicted octanol–water partition coefficient (Wildman–Crippen LogP) is 4.04. The minimum Gasteiger partial charge on any atom is -0.493 e. The Kier molecular flexibility index (Phi) is 5.12. The van der Waals surface area contributed by atoms with Crippen LogP contribution in [-0.2, 0) is 19.6 Å². The van der Waals surface area contributed by atoms with Gasteiger partial charge in [0.2, 0.25) is 0 Å². The van der Waals surface area contributed by atoms with Crippen LogP contribution in [0, 0.1) is 0 Å². The molecule has 27 heavy (non-hydrogen) atoms. The van der Waals surface area contributed by atoms with Crippen molar-refractivity contribution < 1.29 is 9.47 Å². The van der Waals surface area contributed by atoms with Gasteiger partial charge >= 0.3 is 0 Å². The van der Waals surface area contributed by atoms with Crippen LogP contribution in [0.4, 0.5) is 0 Å². The molecule has 0 amide bonds. The standard InChI is InChI=1S/C22H25N3O2/c1-3-25-13-12-19-18(14-25)21(24-23-19)17-10-7-11-20(26-2)22(17)27-15-16-8-5-4-6-9-16/h4-11H,3,12-15H2,1-2H3,(H,23,24). The average molecular weight is 363 g/mol. The average Bonchev–Trinajstić information content (AvgIpc) is 3.15. The molecule has 1 aliphatic heterocycles. The third-order valence-electron chi connectivity index (χ3n) is 5.14. The number of aromatic amines is 1. The summed E-state index contributed by atoms with van der Waals surface area (Å²) in [6.45, 7) is 5.71. The highest BCUT2D eigenvalue weighted by atomic mass is 16.5. The molecule has 2 heterocycles. The van der Waals surface area contributed by atoms with Crippen molar-refractivity contribution in [2.45, 2.75) is 26.5 Å². The van der Waals surface area contributed by atoms with E-state index >= 15 is 0 Å². The molecule has 140 valence electrons. The summed E-state index contributed by atoms with van der Waals surface area (Å²) in [6.07, 6.45) is 1.00. The number of hydrogen-bond donors (Lipinski definition) is 1. The predicted molar refractivity (Wildman–Crippen MR) is 106 cm³/mol. The molecule has 4 rings (SSSR count). The van der Waals surface area contributed by atoms with Crippen molar-refractivity contribution in [3.63, 3.8) is 0 Å². The molecule has 3 aromatic rings. The lowest BCUT2D eigenvalue weighted by Gasteiger charge is -2.25. The van der Waals surface area contributed by atoms with Crippen molar-refractivity contribution in [1.82, 2.24) is 15.1 Å². The summed E-state index contributed by atoms with van der Waals surface area (Å²) < 4.78 is 11.8. The topological polar surface area (TPSA) is 50.4 Å². The molecule has 0 aliphatic carbocycles. The molecule has 0 saturated heterocycles. The van der Waals surface area contributed by atoms with E-state index in [1.54, 1.807) is 7.11 Å². The van der Waals surface area contributed by atoms with E-state index in [9.17, 15) is 0 Å². The second-order valence-corrected chi connectivity index (χ2v) is 6.76. The number of methoxy groups -OCH3 is 1. The van der Waals surface area contributed by atoms with Gasteiger partial charge in [-0.3, -0.25) is 10.00 Å². The van der Waals surface area contributed by atoms with Gasteiger partial charge in [-0.05, 0) is 24.2 Å². The molecule has 1 aromatic heterocycles. The number of para-hydroxylation sites is 1. The first-order valence-electron chi connectivity index (χ1n) is 9.42. The van der Waals surface area contributed by atoms with Crippen molar-refractivity contribution in [1.29, 1.82) is 0 Å². The fourth-order valence-corrected chi connectivity index (χ4v) is 3.59. The Hall–Kier alpha value is -2.79. The van der Waals surface area contributed by atoms with Crippen LogP contribution in [0.3, 0.4) is 0 Å². The van der Waals surface area contributed by atoms with Crippen LogP contribution in [0.1, 0.15) is 23.7 Å². The summed E-state index contributed by atoms with van der Waals surface area (Å²) in [6, 6.07) is 16.1. The molecule has 0 saturated carbocycles. The quantitative estimate of drug-likeness (QED) is 0.718. The van der Waals surface area contributed by atoms with Gasteiger partial charge in [-0.15, -0.1) is 0 Å². The highest BCUT2D eigenvalue weighted by molar-refractivity contribution is 5.74. The van der Waals surface area contributed by atoms with Crippen LogP contribution in [0.15, 0.2) is 48.5 Å². The molecule has 0 spiro atoms. The number of nitrogens with zero attached hydrogens (tertiary/aromatic N) is 2. The molecule has 5 heteroatoms. The lowest BCUT2D eigenvalue weighted by molar-refractivity contribution is 0.267. The number of benzene rings is 2. The van der Waals surface area contributed by atoms with Gasteiger partial charge in [0.1, 0.15) is 12.3 Å². The van der Waals surface area contributed by atoms with E-state index < -0.39 is 0 Å². The van der Waals surface area contributed by atoms with E-state index in [0.717, 1.165) is 54.4 Å². The number of H-pyrrole nitrogens is 1. The summed E-state index contributed by atoms with van der Waals surface area (Å²) in [5.74, 6) is 1.47. The molecule has 0 fully saturated rings. The summed E-state index contributed by atoms with van der Waals surface area (Å²) in [4.78, 5) is 2.44. The highest BCUT2D eigenvalue weighted by Gasteiger charge is 2.24. The van der Waals surface area contributed by atoms with Gasteiger partial charge in [-0.25, -0.2) is 0 Å². The fraction of sp³-hybridized carbons (Fsp3) is 0.318. The monoisotopic (exact) mass is 363 g/mol. The Bertz CT molecular complexity index is 905. The number of rotatable bonds is 6. The molecule has 2 aromatic carbocycles. The molecule has 0 atom stereocenters. The van der Waals surface area contributed by atoms with E-state index in [1.165, 1.54) is 11.3 Å². The number of aromatic nitrogens is 2. The van der Waals surface area contributed by atoms with Gasteiger partial charge < -0.3 is 9.47 Å². The second-order valence-electron chi connectivity index (χ2n) is 6.76. The van der Waals surface area contributed by atoms with E-state index in [1.807, 2.05) is 30.3 Å². The van der Waals surface area contributed by atoms with Crippen LogP contribution in [0.2, 0.25) is 0 Å². The van der Waals surface area contributed by atoms with Crippen molar-refractivity contribution in [3.8, 4) is 22.8 Å². The zero-order valence-electron chi connectivity index (χ0n) is 15.9. The van der Waals surface area contributed by atoms with E-state index in [-0.39, 0.29) is 0 Å². The SMILES string of the molecule is CCN1CCc2[nH]nc(-c3cccc(OC)c3OCc3ccccc3)c2C1. The molecule has 5 nitrogen and oxygen atoms in total. The van der Waals surface area contributed by atoms with Crippen LogP contribution in [0.25, 0.3) is 11.3 Å². The van der Waals surface area contributed by atoms with Crippen molar-refractivity contribution >= 4 is 0 Å². The first kappa shape index (κ1) is 17.6. The largest absolute Gasteiger partial charge is 0.493 e. The first-order chi connectivity index (χ1) is 13.3. The van der Waals surface area contributed by atoms with Crippen molar-refractivity contribution in [3.05, 3.63) is 65.4 Å². The van der Waals surface area contributed by atoms with Gasteiger partial charge in [0, 0.05) is 36.3 Å². The third kappa shape index (κ3) is 3.55. The van der Waals surface area contributed by atoms with Crippen LogP contribution in [-0.4, -0.2) is 35.3 Å². The van der Waals surface area contributed by atoms with Crippen LogP contribution in [0.5, 0.6) is 11.5 Å². The second kappa shape index (κ2) is 7.84. The third-order valence-corrected chi connectivity index (χ3v) is 5.14. The molecule has 0 radical (unpaired) electrons. The first-order valence-corrected chi connectivity index (χ1v) is 9.42. The van der Waals surface area contributed by atoms with Crippen LogP contribution < -0.4 is 9.47 Å². The summed E-state index contributed by atoms with van der Waals surface area (Å²) >= 11 is 0. The maximum atomic E-state index is 6.22. The molecule has 1 aliphatic rings. The smallest absolute Gasteiger partial charge is 0.171 e. The molecular weight excluding hydrogens is 338 g/mol. The number of hydrogen-bond acceptors (Lipinski definition) is 4. The van der Waals surface area contributed by atoms with Crippen molar-refractivity contribution in [2.24, 2.45) is 0 Å². The summed E-state index contributed by atoms with van der Waals surface area (Å²) in [7, 11) is 1.67. The van der Waals surface area contributed by atoms with Gasteiger partial charge in [-0.2, -0.15) is 5.10 Å². The number of nitrogens with one attached hydrogen (secondary N) is 1. The Morgan fingerprint density at radius 2 is 1.96 bits per heavy atom. The van der Waals surface area contributed by atoms with Gasteiger partial charge in [0.25, 0.3) is 0 Å². The van der Waals surface area contributed by atoms with E-state index in [0.29, 0.717) is 6.61 Å². The molecule has 0 bridgehead atoms. The number of likely N-dealkylation sites (N-methyl/N-ethyl adjacent to an activating group) is 1.